The number of nitrogens with one attached hydrogen (secondary N) is 3. The van der Waals surface area contributed by atoms with E-state index in [-0.39, 0.29) is 30.2 Å². The number of fused-ring (bicyclic) bond motifs is 1. The summed E-state index contributed by atoms with van der Waals surface area (Å²) >= 11 is 0. The number of H-pyrrole nitrogens is 1. The predicted molar refractivity (Wildman–Crippen MR) is 110 cm³/mol. The molecule has 1 fully saturated rings. The quantitative estimate of drug-likeness (QED) is 0.526. The van der Waals surface area contributed by atoms with Crippen molar-refractivity contribution in [1.29, 1.82) is 0 Å². The van der Waals surface area contributed by atoms with Gasteiger partial charge < -0.3 is 20.7 Å². The molecule has 0 spiro atoms. The van der Waals surface area contributed by atoms with Gasteiger partial charge in [0.05, 0.1) is 17.2 Å². The number of rotatable bonds is 5. The zero-order valence-electron chi connectivity index (χ0n) is 15.9. The Morgan fingerprint density at radius 2 is 2.00 bits per heavy atom. The van der Waals surface area contributed by atoms with Crippen molar-refractivity contribution in [3.8, 4) is 0 Å². The highest BCUT2D eigenvalue weighted by molar-refractivity contribution is 6.05. The lowest BCUT2D eigenvalue weighted by Gasteiger charge is -2.26. The van der Waals surface area contributed by atoms with Crippen LogP contribution in [0.4, 0.5) is 5.95 Å². The predicted octanol–water partition coefficient (Wildman–Crippen LogP) is 1.96. The fourth-order valence-corrected chi connectivity index (χ4v) is 3.58. The first-order valence-corrected chi connectivity index (χ1v) is 9.75. The van der Waals surface area contributed by atoms with Crippen molar-refractivity contribution in [2.24, 2.45) is 0 Å². The highest BCUT2D eigenvalue weighted by atomic mass is 16.3. The van der Waals surface area contributed by atoms with Gasteiger partial charge in [-0.05, 0) is 37.8 Å². The molecule has 1 aliphatic rings. The molecule has 1 aliphatic carbocycles. The monoisotopic (exact) mass is 393 g/mol. The van der Waals surface area contributed by atoms with Crippen LogP contribution in [-0.2, 0) is 6.54 Å². The Labute approximate surface area is 167 Å². The average molecular weight is 393 g/mol. The number of pyridine rings is 1. The molecule has 0 unspecified atom stereocenters. The summed E-state index contributed by atoms with van der Waals surface area (Å²) in [6.45, 7) is 0.131. The first-order chi connectivity index (χ1) is 14.1. The molecule has 1 amide bonds. The van der Waals surface area contributed by atoms with E-state index in [0.29, 0.717) is 22.6 Å². The van der Waals surface area contributed by atoms with Crippen molar-refractivity contribution < 1.29 is 9.90 Å². The molecule has 8 heteroatoms. The second-order valence-electron chi connectivity index (χ2n) is 7.29. The summed E-state index contributed by atoms with van der Waals surface area (Å²) in [6.07, 6.45) is 6.26. The molecule has 2 aromatic heterocycles. The second-order valence-corrected chi connectivity index (χ2v) is 7.29. The molecule has 1 aromatic carbocycles. The molecule has 1 saturated carbocycles. The lowest BCUT2D eigenvalue weighted by Crippen LogP contribution is -2.29. The molecule has 150 valence electrons. The number of aromatic amines is 1. The molecule has 8 nitrogen and oxygen atoms in total. The number of hydrogen-bond acceptors (Lipinski definition) is 6. The molecule has 0 atom stereocenters. The van der Waals surface area contributed by atoms with Gasteiger partial charge in [-0.2, -0.15) is 0 Å². The zero-order chi connectivity index (χ0) is 20.2. The Bertz CT molecular complexity index is 1070. The van der Waals surface area contributed by atoms with E-state index < -0.39 is 0 Å². The Kier molecular flexibility index (Phi) is 5.53. The van der Waals surface area contributed by atoms with Gasteiger partial charge in [-0.3, -0.25) is 9.59 Å². The van der Waals surface area contributed by atoms with Crippen molar-refractivity contribution in [3.63, 3.8) is 0 Å². The Morgan fingerprint density at radius 3 is 2.79 bits per heavy atom. The Balaban J connectivity index is 1.53. The van der Waals surface area contributed by atoms with Crippen molar-refractivity contribution in [2.45, 2.75) is 44.4 Å². The van der Waals surface area contributed by atoms with E-state index in [1.54, 1.807) is 36.7 Å². The van der Waals surface area contributed by atoms with E-state index in [1.807, 2.05) is 6.07 Å². The van der Waals surface area contributed by atoms with E-state index in [2.05, 4.69) is 25.6 Å². The number of aliphatic hydroxyl groups is 1. The number of aliphatic hydroxyl groups excluding tert-OH is 1. The molecule has 0 saturated heterocycles. The minimum absolute atomic E-state index is 0.131. The normalized spacial score (nSPS) is 19.1. The molecule has 2 heterocycles. The van der Waals surface area contributed by atoms with Crippen LogP contribution in [0.15, 0.2) is 47.5 Å². The number of amides is 1. The molecule has 0 radical (unpaired) electrons. The number of aromatic nitrogens is 3. The lowest BCUT2D eigenvalue weighted by atomic mass is 9.93. The summed E-state index contributed by atoms with van der Waals surface area (Å²) < 4.78 is 0. The van der Waals surface area contributed by atoms with E-state index in [1.165, 1.54) is 0 Å². The number of benzene rings is 1. The van der Waals surface area contributed by atoms with Gasteiger partial charge >= 0.3 is 0 Å². The van der Waals surface area contributed by atoms with Crippen LogP contribution >= 0.6 is 0 Å². The third-order valence-electron chi connectivity index (χ3n) is 5.22. The molecule has 29 heavy (non-hydrogen) atoms. The van der Waals surface area contributed by atoms with Crippen LogP contribution in [0.3, 0.4) is 0 Å². The van der Waals surface area contributed by atoms with Crippen LogP contribution in [0.1, 0.15) is 41.6 Å². The van der Waals surface area contributed by atoms with Crippen LogP contribution in [0.5, 0.6) is 0 Å². The van der Waals surface area contributed by atoms with Gasteiger partial charge in [0, 0.05) is 35.9 Å². The van der Waals surface area contributed by atoms with Gasteiger partial charge in [-0.25, -0.2) is 9.97 Å². The van der Waals surface area contributed by atoms with E-state index in [0.717, 1.165) is 31.1 Å². The summed E-state index contributed by atoms with van der Waals surface area (Å²) in [5.74, 6) is 0.169. The highest BCUT2D eigenvalue weighted by Crippen LogP contribution is 2.22. The third-order valence-corrected chi connectivity index (χ3v) is 5.22. The Morgan fingerprint density at radius 1 is 1.17 bits per heavy atom. The van der Waals surface area contributed by atoms with Gasteiger partial charge in [0.15, 0.2) is 0 Å². The minimum Gasteiger partial charge on any atom is -0.393 e. The van der Waals surface area contributed by atoms with Crippen molar-refractivity contribution in [2.75, 3.05) is 5.32 Å². The molecular formula is C21H23N5O3. The van der Waals surface area contributed by atoms with Crippen LogP contribution in [0.2, 0.25) is 0 Å². The van der Waals surface area contributed by atoms with Crippen LogP contribution in [-0.4, -0.2) is 38.1 Å². The first kappa shape index (κ1) is 19.1. The topological polar surface area (TPSA) is 120 Å². The molecule has 4 N–H and O–H groups in total. The lowest BCUT2D eigenvalue weighted by molar-refractivity contribution is 0.0952. The van der Waals surface area contributed by atoms with Crippen molar-refractivity contribution in [1.82, 2.24) is 20.3 Å². The van der Waals surface area contributed by atoms with Crippen molar-refractivity contribution >= 4 is 22.8 Å². The maximum atomic E-state index is 12.7. The molecule has 0 bridgehead atoms. The Hall–Kier alpha value is -3.26. The number of para-hydroxylation sites is 1. The number of nitrogens with zero attached hydrogens (tertiary/aromatic N) is 2. The van der Waals surface area contributed by atoms with Crippen LogP contribution < -0.4 is 16.2 Å². The molecule has 3 aromatic rings. The standard InChI is InChI=1S/C21H23N5O3/c27-16-8-6-15(7-9-16)25-21-24-11-13-3-1-5-17(18(13)26-21)20(29)23-12-14-4-2-10-22-19(14)28/h1-5,10-11,15-16,27H,6-9,12H2,(H,22,28)(H,23,29)(H,24,25,26). The molecular weight excluding hydrogens is 370 g/mol. The highest BCUT2D eigenvalue weighted by Gasteiger charge is 2.20. The third kappa shape index (κ3) is 4.43. The van der Waals surface area contributed by atoms with E-state index in [4.69, 9.17) is 0 Å². The van der Waals surface area contributed by atoms with Gasteiger partial charge in [0.2, 0.25) is 5.95 Å². The number of hydrogen-bond donors (Lipinski definition) is 4. The second kappa shape index (κ2) is 8.40. The maximum Gasteiger partial charge on any atom is 0.253 e. The number of carbonyl (C=O) groups excluding carboxylic acids is 1. The summed E-state index contributed by atoms with van der Waals surface area (Å²) in [5.41, 5.74) is 1.24. The number of carbonyl (C=O) groups is 1. The summed E-state index contributed by atoms with van der Waals surface area (Å²) in [6, 6.07) is 8.95. The smallest absolute Gasteiger partial charge is 0.253 e. The van der Waals surface area contributed by atoms with Gasteiger partial charge in [-0.1, -0.05) is 18.2 Å². The van der Waals surface area contributed by atoms with Gasteiger partial charge in [0.1, 0.15) is 0 Å². The zero-order valence-corrected chi connectivity index (χ0v) is 15.9. The fourth-order valence-electron chi connectivity index (χ4n) is 3.58. The van der Waals surface area contributed by atoms with E-state index in [9.17, 15) is 14.7 Å². The fraction of sp³-hybridized carbons (Fsp3) is 0.333. The summed E-state index contributed by atoms with van der Waals surface area (Å²) in [7, 11) is 0. The van der Waals surface area contributed by atoms with Crippen molar-refractivity contribution in [3.05, 3.63) is 64.2 Å². The average Bonchev–Trinajstić information content (AvgIpc) is 2.74. The SMILES string of the molecule is O=C(NCc1ccc[nH]c1=O)c1cccc2cnc(NC3CCC(O)CC3)nc12. The molecule has 0 aliphatic heterocycles. The number of anilines is 1. The minimum atomic E-state index is -0.302. The first-order valence-electron chi connectivity index (χ1n) is 9.75. The summed E-state index contributed by atoms with van der Waals surface area (Å²) in [5, 5.41) is 16.5. The van der Waals surface area contributed by atoms with Crippen LogP contribution in [0, 0.1) is 0 Å². The summed E-state index contributed by atoms with van der Waals surface area (Å²) in [4.78, 5) is 36.1. The van der Waals surface area contributed by atoms with Gasteiger partial charge in [0.25, 0.3) is 11.5 Å². The van der Waals surface area contributed by atoms with Gasteiger partial charge in [-0.15, -0.1) is 0 Å². The molecule has 4 rings (SSSR count). The maximum absolute atomic E-state index is 12.7. The van der Waals surface area contributed by atoms with E-state index >= 15 is 0 Å². The largest absolute Gasteiger partial charge is 0.393 e. The van der Waals surface area contributed by atoms with Crippen LogP contribution in [0.25, 0.3) is 10.9 Å².